The molecule has 0 unspecified atom stereocenters. The molecule has 1 aromatic rings. The lowest BCUT2D eigenvalue weighted by atomic mass is 10.1. The maximum atomic E-state index is 11.1. The van der Waals surface area contributed by atoms with Crippen LogP contribution in [0.3, 0.4) is 0 Å². The third-order valence-electron chi connectivity index (χ3n) is 4.67. The van der Waals surface area contributed by atoms with Gasteiger partial charge >= 0.3 is 0 Å². The standard InChI is InChI=1S/C18H29BrN2OSSi/c1-13(22)20-11-15-9-8-14(10-16(15)19)17(23-5)21-12-24(6,7)18(2,3)4/h8-10H,11-12H2,1-7H3,(H,20,22)/b21-17-. The van der Waals surface area contributed by atoms with Gasteiger partial charge < -0.3 is 5.32 Å². The van der Waals surface area contributed by atoms with Crippen LogP contribution in [0.2, 0.25) is 18.1 Å². The van der Waals surface area contributed by atoms with E-state index in [4.69, 9.17) is 4.99 Å². The lowest BCUT2D eigenvalue weighted by molar-refractivity contribution is -0.119. The van der Waals surface area contributed by atoms with Gasteiger partial charge in [-0.05, 0) is 22.9 Å². The van der Waals surface area contributed by atoms with E-state index in [9.17, 15) is 4.79 Å². The highest BCUT2D eigenvalue weighted by molar-refractivity contribution is 9.10. The summed E-state index contributed by atoms with van der Waals surface area (Å²) in [5.74, 6) is -0.0216. The molecule has 1 aromatic carbocycles. The van der Waals surface area contributed by atoms with E-state index in [0.29, 0.717) is 11.6 Å². The van der Waals surface area contributed by atoms with Gasteiger partial charge in [0, 0.05) is 29.7 Å². The summed E-state index contributed by atoms with van der Waals surface area (Å²) in [7, 11) is -1.43. The summed E-state index contributed by atoms with van der Waals surface area (Å²) >= 11 is 5.30. The number of amides is 1. The topological polar surface area (TPSA) is 41.5 Å². The predicted octanol–water partition coefficient (Wildman–Crippen LogP) is 5.24. The second kappa shape index (κ2) is 8.67. The van der Waals surface area contributed by atoms with E-state index >= 15 is 0 Å². The van der Waals surface area contributed by atoms with Crippen molar-refractivity contribution in [1.29, 1.82) is 0 Å². The van der Waals surface area contributed by atoms with Gasteiger partial charge in [-0.1, -0.05) is 61.9 Å². The van der Waals surface area contributed by atoms with Crippen molar-refractivity contribution < 1.29 is 4.79 Å². The summed E-state index contributed by atoms with van der Waals surface area (Å²) in [6.07, 6.45) is 3.00. The van der Waals surface area contributed by atoms with Crippen LogP contribution in [-0.2, 0) is 11.3 Å². The Labute approximate surface area is 160 Å². The van der Waals surface area contributed by atoms with Crippen molar-refractivity contribution in [2.24, 2.45) is 4.99 Å². The average molecular weight is 430 g/mol. The summed E-state index contributed by atoms with van der Waals surface area (Å²) in [6, 6.07) is 6.23. The maximum Gasteiger partial charge on any atom is 0.217 e. The molecule has 134 valence electrons. The van der Waals surface area contributed by atoms with E-state index in [1.807, 2.05) is 6.07 Å². The second-order valence-electron chi connectivity index (χ2n) is 7.68. The minimum atomic E-state index is -1.43. The van der Waals surface area contributed by atoms with E-state index < -0.39 is 8.07 Å². The molecule has 1 amide bonds. The van der Waals surface area contributed by atoms with E-state index in [1.165, 1.54) is 6.92 Å². The SMILES string of the molecule is CS/C(=N\C[Si](C)(C)C(C)(C)C)c1ccc(CNC(C)=O)c(Br)c1. The number of hydrogen-bond donors (Lipinski definition) is 1. The zero-order valence-corrected chi connectivity index (χ0v) is 19.2. The molecule has 0 fully saturated rings. The van der Waals surface area contributed by atoms with Crippen molar-refractivity contribution in [3.63, 3.8) is 0 Å². The summed E-state index contributed by atoms with van der Waals surface area (Å²) in [5, 5.41) is 4.24. The summed E-state index contributed by atoms with van der Waals surface area (Å²) < 4.78 is 1.00. The van der Waals surface area contributed by atoms with Gasteiger partial charge in [0.15, 0.2) is 0 Å². The molecule has 0 saturated carbocycles. The molecular formula is C18H29BrN2OSSi. The fourth-order valence-electron chi connectivity index (χ4n) is 1.82. The summed E-state index contributed by atoms with van der Waals surface area (Å²) in [5.41, 5.74) is 2.19. The largest absolute Gasteiger partial charge is 0.352 e. The molecule has 24 heavy (non-hydrogen) atoms. The van der Waals surface area contributed by atoms with Crippen molar-refractivity contribution in [2.45, 2.75) is 52.4 Å². The zero-order chi connectivity index (χ0) is 18.5. The van der Waals surface area contributed by atoms with E-state index in [0.717, 1.165) is 26.8 Å². The Kier molecular flexibility index (Phi) is 7.75. The Hall–Kier alpha value is -0.593. The van der Waals surface area contributed by atoms with Crippen LogP contribution in [0.5, 0.6) is 0 Å². The Morgan fingerprint density at radius 1 is 1.33 bits per heavy atom. The first-order chi connectivity index (χ1) is 11.0. The maximum absolute atomic E-state index is 11.1. The van der Waals surface area contributed by atoms with Crippen molar-refractivity contribution >= 4 is 46.7 Å². The van der Waals surface area contributed by atoms with Crippen LogP contribution in [0.1, 0.15) is 38.8 Å². The van der Waals surface area contributed by atoms with Gasteiger partial charge in [0.2, 0.25) is 5.91 Å². The Bertz CT molecular complexity index is 624. The van der Waals surface area contributed by atoms with Crippen LogP contribution in [-0.4, -0.2) is 31.4 Å². The summed E-state index contributed by atoms with van der Waals surface area (Å²) in [6.45, 7) is 13.8. The smallest absolute Gasteiger partial charge is 0.217 e. The zero-order valence-electron chi connectivity index (χ0n) is 15.8. The average Bonchev–Trinajstić information content (AvgIpc) is 2.45. The van der Waals surface area contributed by atoms with Crippen LogP contribution < -0.4 is 5.32 Å². The van der Waals surface area contributed by atoms with Crippen molar-refractivity contribution in [3.05, 3.63) is 33.8 Å². The monoisotopic (exact) mass is 428 g/mol. The fourth-order valence-corrected chi connectivity index (χ4v) is 4.04. The van der Waals surface area contributed by atoms with Crippen LogP contribution in [0.25, 0.3) is 0 Å². The van der Waals surface area contributed by atoms with Crippen LogP contribution in [0.4, 0.5) is 0 Å². The van der Waals surface area contributed by atoms with Gasteiger partial charge in [-0.25, -0.2) is 0 Å². The van der Waals surface area contributed by atoms with Crippen LogP contribution in [0, 0.1) is 0 Å². The normalized spacial score (nSPS) is 13.1. The number of rotatable bonds is 5. The highest BCUT2D eigenvalue weighted by Crippen LogP contribution is 2.36. The lowest BCUT2D eigenvalue weighted by Crippen LogP contribution is -2.41. The van der Waals surface area contributed by atoms with E-state index in [2.05, 4.69) is 73.5 Å². The molecule has 0 atom stereocenters. The molecule has 3 nitrogen and oxygen atoms in total. The number of nitrogens with one attached hydrogen (secondary N) is 1. The molecule has 0 radical (unpaired) electrons. The van der Waals surface area contributed by atoms with Gasteiger partial charge in [-0.2, -0.15) is 0 Å². The van der Waals surface area contributed by atoms with Crippen molar-refractivity contribution in [2.75, 3.05) is 12.4 Å². The minimum absolute atomic E-state index is 0.0216. The van der Waals surface area contributed by atoms with Crippen molar-refractivity contribution in [1.82, 2.24) is 5.32 Å². The molecule has 0 spiro atoms. The Morgan fingerprint density at radius 3 is 2.42 bits per heavy atom. The first kappa shape index (κ1) is 21.4. The van der Waals surface area contributed by atoms with Crippen LogP contribution in [0.15, 0.2) is 27.7 Å². The highest BCUT2D eigenvalue weighted by atomic mass is 79.9. The third kappa shape index (κ3) is 6.04. The highest BCUT2D eigenvalue weighted by Gasteiger charge is 2.34. The lowest BCUT2D eigenvalue weighted by Gasteiger charge is -2.35. The number of aliphatic imine (C=N–C) groups is 1. The number of hydrogen-bond acceptors (Lipinski definition) is 3. The molecule has 0 aliphatic rings. The molecular weight excluding hydrogens is 400 g/mol. The van der Waals surface area contributed by atoms with Gasteiger partial charge in [-0.15, -0.1) is 11.8 Å². The quantitative estimate of drug-likeness (QED) is 0.395. The molecule has 0 aliphatic heterocycles. The number of halogens is 1. The van der Waals surface area contributed by atoms with Gasteiger partial charge in [-0.3, -0.25) is 9.79 Å². The molecule has 0 saturated heterocycles. The Balaban J connectivity index is 2.98. The van der Waals surface area contributed by atoms with Gasteiger partial charge in [0.1, 0.15) is 0 Å². The first-order valence-electron chi connectivity index (χ1n) is 8.09. The molecule has 6 heteroatoms. The third-order valence-corrected chi connectivity index (χ3v) is 11.2. The number of carbonyl (C=O) groups is 1. The first-order valence-corrected chi connectivity index (χ1v) is 13.3. The van der Waals surface area contributed by atoms with E-state index in [-0.39, 0.29) is 5.91 Å². The molecule has 0 heterocycles. The number of carbonyl (C=O) groups excluding carboxylic acids is 1. The molecule has 0 bridgehead atoms. The van der Waals surface area contributed by atoms with E-state index in [1.54, 1.807) is 11.8 Å². The predicted molar refractivity (Wildman–Crippen MR) is 114 cm³/mol. The molecule has 1 rings (SSSR count). The minimum Gasteiger partial charge on any atom is -0.352 e. The Morgan fingerprint density at radius 2 is 1.96 bits per heavy atom. The van der Waals surface area contributed by atoms with Crippen LogP contribution >= 0.6 is 27.7 Å². The second-order valence-corrected chi connectivity index (χ2v) is 14.9. The number of thioether (sulfide) groups is 1. The van der Waals surface area contributed by atoms with Gasteiger partial charge in [0.05, 0.1) is 13.1 Å². The fraction of sp³-hybridized carbons (Fsp3) is 0.556. The molecule has 1 N–H and O–H groups in total. The molecule has 0 aliphatic carbocycles. The van der Waals surface area contributed by atoms with Crippen molar-refractivity contribution in [3.8, 4) is 0 Å². The van der Waals surface area contributed by atoms with Gasteiger partial charge in [0.25, 0.3) is 0 Å². The molecule has 0 aromatic heterocycles. The number of benzene rings is 1. The summed E-state index contributed by atoms with van der Waals surface area (Å²) in [4.78, 5) is 16.0. The number of nitrogens with zero attached hydrogens (tertiary/aromatic N) is 1.